The second-order valence-corrected chi connectivity index (χ2v) is 6.36. The largest absolute Gasteiger partial charge is 0.396 e. The monoisotopic (exact) mass is 305 g/mol. The number of hydrogen-bond acceptors (Lipinski definition) is 4. The zero-order chi connectivity index (χ0) is 15.1. The van der Waals surface area contributed by atoms with Gasteiger partial charge in [0, 0.05) is 26.2 Å². The number of nitrogen functional groups attached to an aromatic ring is 1. The fourth-order valence-electron chi connectivity index (χ4n) is 1.82. The maximum absolute atomic E-state index is 13.7. The molecular weight excluding hydrogens is 292 g/mol. The van der Waals surface area contributed by atoms with E-state index in [-0.39, 0.29) is 19.6 Å². The molecule has 2 N–H and O–H groups in total. The number of halogens is 2. The van der Waals surface area contributed by atoms with E-state index in [4.69, 9.17) is 5.73 Å². The molecule has 2 rings (SSSR count). The van der Waals surface area contributed by atoms with Crippen LogP contribution in [0, 0.1) is 11.6 Å². The first kappa shape index (κ1) is 14.7. The predicted molar refractivity (Wildman–Crippen MR) is 67.2 cm³/mol. The summed E-state index contributed by atoms with van der Waals surface area (Å²) < 4.78 is 52.1. The number of sulfonamides is 1. The van der Waals surface area contributed by atoms with E-state index in [1.165, 1.54) is 4.90 Å². The van der Waals surface area contributed by atoms with Crippen molar-refractivity contribution in [2.75, 3.05) is 32.4 Å². The Morgan fingerprint density at radius 3 is 2.45 bits per heavy atom. The Kier molecular flexibility index (Phi) is 3.65. The van der Waals surface area contributed by atoms with Crippen molar-refractivity contribution in [3.8, 4) is 0 Å². The molecule has 0 radical (unpaired) electrons. The molecule has 0 atom stereocenters. The Hall–Kier alpha value is -1.74. The molecule has 1 aliphatic heterocycles. The zero-order valence-electron chi connectivity index (χ0n) is 10.6. The second kappa shape index (κ2) is 4.98. The van der Waals surface area contributed by atoms with Gasteiger partial charge in [-0.25, -0.2) is 17.2 Å². The Labute approximate surface area is 114 Å². The van der Waals surface area contributed by atoms with Crippen molar-refractivity contribution in [2.45, 2.75) is 4.90 Å². The molecule has 1 aromatic rings. The lowest BCUT2D eigenvalue weighted by Gasteiger charge is -2.31. The summed E-state index contributed by atoms with van der Waals surface area (Å²) in [4.78, 5) is 12.2. The molecule has 9 heteroatoms. The lowest BCUT2D eigenvalue weighted by molar-refractivity contribution is -0.132. The summed E-state index contributed by atoms with van der Waals surface area (Å²) in [5, 5.41) is 0. The first-order valence-electron chi connectivity index (χ1n) is 5.72. The third-order valence-corrected chi connectivity index (χ3v) is 4.95. The van der Waals surface area contributed by atoms with Gasteiger partial charge in [0.15, 0.2) is 0 Å². The van der Waals surface area contributed by atoms with Crippen LogP contribution in [0.3, 0.4) is 0 Å². The Bertz CT molecular complexity index is 663. The van der Waals surface area contributed by atoms with Gasteiger partial charge < -0.3 is 10.6 Å². The van der Waals surface area contributed by atoms with Crippen LogP contribution in [0.4, 0.5) is 14.5 Å². The first-order chi connectivity index (χ1) is 9.23. The average Bonchev–Trinajstić information content (AvgIpc) is 2.36. The SMILES string of the molecule is CN1CCN(S(=O)(=O)c2cc(N)c(F)cc2F)CC1=O. The normalized spacial score (nSPS) is 17.6. The second-order valence-electron chi connectivity index (χ2n) is 4.46. The number of piperazine rings is 1. The summed E-state index contributed by atoms with van der Waals surface area (Å²) in [6.45, 7) is -0.132. The molecule has 1 fully saturated rings. The molecule has 0 spiro atoms. The maximum atomic E-state index is 13.7. The van der Waals surface area contributed by atoms with Gasteiger partial charge in [0.1, 0.15) is 16.5 Å². The van der Waals surface area contributed by atoms with Crippen LogP contribution in [0.15, 0.2) is 17.0 Å². The summed E-state index contributed by atoms with van der Waals surface area (Å²) in [6, 6.07) is 1.14. The number of carbonyl (C=O) groups excluding carboxylic acids is 1. The number of benzene rings is 1. The van der Waals surface area contributed by atoms with E-state index >= 15 is 0 Å². The topological polar surface area (TPSA) is 83.7 Å². The molecule has 1 aliphatic rings. The first-order valence-corrected chi connectivity index (χ1v) is 7.16. The molecule has 0 aliphatic carbocycles. The summed E-state index contributed by atoms with van der Waals surface area (Å²) in [5.74, 6) is -2.66. The zero-order valence-corrected chi connectivity index (χ0v) is 11.5. The van der Waals surface area contributed by atoms with Crippen molar-refractivity contribution in [3.63, 3.8) is 0 Å². The van der Waals surface area contributed by atoms with Gasteiger partial charge in [-0.15, -0.1) is 0 Å². The van der Waals surface area contributed by atoms with Gasteiger partial charge in [-0.05, 0) is 6.07 Å². The lowest BCUT2D eigenvalue weighted by Crippen LogP contribution is -2.50. The molecular formula is C11H13F2N3O3S. The van der Waals surface area contributed by atoms with Crippen LogP contribution in [0.5, 0.6) is 0 Å². The smallest absolute Gasteiger partial charge is 0.246 e. The van der Waals surface area contributed by atoms with E-state index in [1.54, 1.807) is 7.05 Å². The van der Waals surface area contributed by atoms with E-state index in [2.05, 4.69) is 0 Å². The van der Waals surface area contributed by atoms with Crippen LogP contribution in [0.25, 0.3) is 0 Å². The van der Waals surface area contributed by atoms with Crippen LogP contribution in [0.2, 0.25) is 0 Å². The minimum atomic E-state index is -4.22. The van der Waals surface area contributed by atoms with Crippen molar-refractivity contribution >= 4 is 21.6 Å². The van der Waals surface area contributed by atoms with Gasteiger partial charge in [-0.3, -0.25) is 4.79 Å². The number of carbonyl (C=O) groups is 1. The van der Waals surface area contributed by atoms with Crippen LogP contribution in [-0.2, 0) is 14.8 Å². The van der Waals surface area contributed by atoms with Gasteiger partial charge in [-0.1, -0.05) is 0 Å². The molecule has 0 saturated carbocycles. The highest BCUT2D eigenvalue weighted by Gasteiger charge is 2.33. The molecule has 6 nitrogen and oxygen atoms in total. The van der Waals surface area contributed by atoms with E-state index in [9.17, 15) is 22.0 Å². The minimum Gasteiger partial charge on any atom is -0.396 e. The Balaban J connectivity index is 2.41. The van der Waals surface area contributed by atoms with Crippen molar-refractivity contribution < 1.29 is 22.0 Å². The lowest BCUT2D eigenvalue weighted by atomic mass is 10.3. The number of anilines is 1. The fraction of sp³-hybridized carbons (Fsp3) is 0.364. The van der Waals surface area contributed by atoms with Crippen LogP contribution >= 0.6 is 0 Å². The van der Waals surface area contributed by atoms with E-state index in [0.29, 0.717) is 6.07 Å². The van der Waals surface area contributed by atoms with Gasteiger partial charge in [0.05, 0.1) is 12.2 Å². The predicted octanol–water partition coefficient (Wildman–Crippen LogP) is 0.00970. The highest BCUT2D eigenvalue weighted by atomic mass is 32.2. The van der Waals surface area contributed by atoms with Crippen LogP contribution in [-0.4, -0.2) is 50.2 Å². The highest BCUT2D eigenvalue weighted by Crippen LogP contribution is 2.24. The van der Waals surface area contributed by atoms with E-state index in [0.717, 1.165) is 10.4 Å². The van der Waals surface area contributed by atoms with E-state index < -0.39 is 38.1 Å². The number of likely N-dealkylation sites (N-methyl/N-ethyl adjacent to an activating group) is 1. The van der Waals surface area contributed by atoms with Gasteiger partial charge in [-0.2, -0.15) is 4.31 Å². The van der Waals surface area contributed by atoms with Crippen molar-refractivity contribution in [3.05, 3.63) is 23.8 Å². The van der Waals surface area contributed by atoms with E-state index in [1.807, 2.05) is 0 Å². The molecule has 0 unspecified atom stereocenters. The van der Waals surface area contributed by atoms with Crippen molar-refractivity contribution in [1.82, 2.24) is 9.21 Å². The number of amides is 1. The average molecular weight is 305 g/mol. The van der Waals surface area contributed by atoms with Crippen molar-refractivity contribution in [1.29, 1.82) is 0 Å². The van der Waals surface area contributed by atoms with Crippen molar-refractivity contribution in [2.24, 2.45) is 0 Å². The highest BCUT2D eigenvalue weighted by molar-refractivity contribution is 7.89. The fourth-order valence-corrected chi connectivity index (χ4v) is 3.29. The molecule has 0 aromatic heterocycles. The summed E-state index contributed by atoms with van der Waals surface area (Å²) >= 11 is 0. The van der Waals surface area contributed by atoms with Crippen LogP contribution in [0.1, 0.15) is 0 Å². The number of nitrogens with zero attached hydrogens (tertiary/aromatic N) is 2. The Morgan fingerprint density at radius 1 is 1.20 bits per heavy atom. The molecule has 110 valence electrons. The molecule has 1 heterocycles. The number of nitrogens with two attached hydrogens (primary N) is 1. The molecule has 20 heavy (non-hydrogen) atoms. The standard InChI is InChI=1S/C11H13F2N3O3S/c1-15-2-3-16(6-11(15)17)20(18,19)10-5-9(14)7(12)4-8(10)13/h4-5H,2-3,6,14H2,1H3. The number of hydrogen-bond donors (Lipinski definition) is 1. The summed E-state index contributed by atoms with van der Waals surface area (Å²) in [6.07, 6.45) is 0. The third kappa shape index (κ3) is 2.46. The quantitative estimate of drug-likeness (QED) is 0.780. The molecule has 1 amide bonds. The number of rotatable bonds is 2. The van der Waals surface area contributed by atoms with Crippen LogP contribution < -0.4 is 5.73 Å². The third-order valence-electron chi connectivity index (χ3n) is 3.09. The minimum absolute atomic E-state index is 0.0430. The summed E-state index contributed by atoms with van der Waals surface area (Å²) in [7, 11) is -2.68. The molecule has 0 bridgehead atoms. The maximum Gasteiger partial charge on any atom is 0.246 e. The van der Waals surface area contributed by atoms with Gasteiger partial charge >= 0.3 is 0 Å². The van der Waals surface area contributed by atoms with Gasteiger partial charge in [0.25, 0.3) is 0 Å². The molecule has 1 saturated heterocycles. The Morgan fingerprint density at radius 2 is 1.85 bits per heavy atom. The summed E-state index contributed by atoms with van der Waals surface area (Å²) in [5.41, 5.74) is 4.80. The van der Waals surface area contributed by atoms with Gasteiger partial charge in [0.2, 0.25) is 15.9 Å². The molecule has 1 aromatic carbocycles.